The Bertz CT molecular complexity index is 489. The smallest absolute Gasteiger partial charge is 0.322 e. The van der Waals surface area contributed by atoms with Gasteiger partial charge < -0.3 is 15.4 Å². The van der Waals surface area contributed by atoms with Crippen LogP contribution in [0.3, 0.4) is 0 Å². The van der Waals surface area contributed by atoms with E-state index >= 15 is 0 Å². The van der Waals surface area contributed by atoms with Crippen molar-refractivity contribution in [2.24, 2.45) is 11.7 Å². The van der Waals surface area contributed by atoms with Crippen LogP contribution in [0.1, 0.15) is 26.7 Å². The third-order valence-electron chi connectivity index (χ3n) is 3.10. The van der Waals surface area contributed by atoms with Crippen LogP contribution in [0.5, 0.6) is 6.01 Å². The number of halogens is 1. The molecule has 0 atom stereocenters. The molecule has 110 valence electrons. The number of hydrogen-bond donors (Lipinski definition) is 1. The van der Waals surface area contributed by atoms with E-state index in [-0.39, 0.29) is 29.2 Å². The van der Waals surface area contributed by atoms with Crippen LogP contribution >= 0.6 is 11.6 Å². The van der Waals surface area contributed by atoms with E-state index in [9.17, 15) is 4.79 Å². The summed E-state index contributed by atoms with van der Waals surface area (Å²) < 4.78 is 5.44. The van der Waals surface area contributed by atoms with Crippen molar-refractivity contribution < 1.29 is 9.53 Å². The summed E-state index contributed by atoms with van der Waals surface area (Å²) in [4.78, 5) is 25.4. The van der Waals surface area contributed by atoms with E-state index in [4.69, 9.17) is 22.1 Å². The minimum atomic E-state index is -0.248. The first-order chi connectivity index (χ1) is 9.45. The predicted octanol–water partition coefficient (Wildman–Crippen LogP) is 1.01. The van der Waals surface area contributed by atoms with Gasteiger partial charge in [0.2, 0.25) is 17.1 Å². The number of piperidine rings is 1. The number of carbonyl (C=O) groups is 1. The van der Waals surface area contributed by atoms with Gasteiger partial charge in [-0.1, -0.05) is 0 Å². The van der Waals surface area contributed by atoms with Crippen LogP contribution in [-0.2, 0) is 4.79 Å². The molecule has 8 heteroatoms. The van der Waals surface area contributed by atoms with Crippen LogP contribution in [0, 0.1) is 5.92 Å². The summed E-state index contributed by atoms with van der Waals surface area (Å²) in [6.07, 6.45) is 1.35. The molecular formula is C12H18ClN5O2. The fraction of sp³-hybridized carbons (Fsp3) is 0.667. The Kier molecular flexibility index (Phi) is 4.59. The Morgan fingerprint density at radius 2 is 2.00 bits per heavy atom. The van der Waals surface area contributed by atoms with Crippen molar-refractivity contribution in [1.29, 1.82) is 0 Å². The molecule has 7 nitrogen and oxygen atoms in total. The second-order valence-electron chi connectivity index (χ2n) is 5.02. The van der Waals surface area contributed by atoms with Crippen molar-refractivity contribution in [3.63, 3.8) is 0 Å². The van der Waals surface area contributed by atoms with Gasteiger partial charge in [-0.15, -0.1) is 0 Å². The third kappa shape index (κ3) is 3.69. The fourth-order valence-electron chi connectivity index (χ4n) is 2.09. The molecule has 1 aliphatic rings. The zero-order valence-electron chi connectivity index (χ0n) is 11.5. The number of amides is 1. The third-order valence-corrected chi connectivity index (χ3v) is 3.27. The van der Waals surface area contributed by atoms with E-state index in [2.05, 4.69) is 15.0 Å². The summed E-state index contributed by atoms with van der Waals surface area (Å²) in [5.74, 6) is 0.153. The van der Waals surface area contributed by atoms with Gasteiger partial charge in [-0.2, -0.15) is 15.0 Å². The van der Waals surface area contributed by atoms with Crippen LogP contribution in [0.4, 0.5) is 5.95 Å². The zero-order valence-corrected chi connectivity index (χ0v) is 12.3. The highest BCUT2D eigenvalue weighted by atomic mass is 35.5. The minimum Gasteiger partial charge on any atom is -0.461 e. The molecule has 0 unspecified atom stereocenters. The summed E-state index contributed by atoms with van der Waals surface area (Å²) in [6, 6.07) is 0.215. The number of rotatable bonds is 4. The average molecular weight is 300 g/mol. The average Bonchev–Trinajstić information content (AvgIpc) is 2.37. The largest absolute Gasteiger partial charge is 0.461 e. The summed E-state index contributed by atoms with van der Waals surface area (Å²) in [7, 11) is 0. The molecular weight excluding hydrogens is 282 g/mol. The highest BCUT2D eigenvalue weighted by molar-refractivity contribution is 6.28. The SMILES string of the molecule is CC(C)Oc1nc(Cl)nc(N2CCC(C(N)=O)CC2)n1. The first kappa shape index (κ1) is 14.8. The second-order valence-corrected chi connectivity index (χ2v) is 5.36. The van der Waals surface area contributed by atoms with Gasteiger partial charge in [0, 0.05) is 19.0 Å². The number of aromatic nitrogens is 3. The first-order valence-electron chi connectivity index (χ1n) is 6.58. The fourth-order valence-corrected chi connectivity index (χ4v) is 2.24. The Morgan fingerprint density at radius 3 is 2.55 bits per heavy atom. The molecule has 0 aliphatic carbocycles. The number of ether oxygens (including phenoxy) is 1. The maximum Gasteiger partial charge on any atom is 0.322 e. The van der Waals surface area contributed by atoms with E-state index in [0.717, 1.165) is 0 Å². The van der Waals surface area contributed by atoms with Gasteiger partial charge in [0.15, 0.2) is 0 Å². The molecule has 0 aromatic carbocycles. The number of carbonyl (C=O) groups excluding carboxylic acids is 1. The Balaban J connectivity index is 2.09. The number of nitrogens with zero attached hydrogens (tertiary/aromatic N) is 4. The summed E-state index contributed by atoms with van der Waals surface area (Å²) >= 11 is 5.89. The van der Waals surface area contributed by atoms with E-state index in [1.165, 1.54) is 0 Å². The van der Waals surface area contributed by atoms with Crippen molar-refractivity contribution in [2.45, 2.75) is 32.8 Å². The molecule has 0 radical (unpaired) electrons. The van der Waals surface area contributed by atoms with Crippen LogP contribution < -0.4 is 15.4 Å². The predicted molar refractivity (Wildman–Crippen MR) is 74.7 cm³/mol. The lowest BCUT2D eigenvalue weighted by atomic mass is 9.97. The van der Waals surface area contributed by atoms with Gasteiger partial charge in [-0.05, 0) is 38.3 Å². The molecule has 0 saturated carbocycles. The molecule has 1 aliphatic heterocycles. The standard InChI is InChI=1S/C12H18ClN5O2/c1-7(2)20-12-16-10(13)15-11(17-12)18-5-3-8(4-6-18)9(14)19/h7-8H,3-6H2,1-2H3,(H2,14,19). The van der Waals surface area contributed by atoms with Gasteiger partial charge in [0.1, 0.15) is 0 Å². The molecule has 20 heavy (non-hydrogen) atoms. The van der Waals surface area contributed by atoms with Crippen molar-refractivity contribution in [3.8, 4) is 6.01 Å². The van der Waals surface area contributed by atoms with Crippen molar-refractivity contribution in [1.82, 2.24) is 15.0 Å². The van der Waals surface area contributed by atoms with Crippen LogP contribution in [0.15, 0.2) is 0 Å². The molecule has 1 fully saturated rings. The van der Waals surface area contributed by atoms with Crippen LogP contribution in [-0.4, -0.2) is 40.1 Å². The maximum atomic E-state index is 11.1. The van der Waals surface area contributed by atoms with Crippen molar-refractivity contribution in [2.75, 3.05) is 18.0 Å². The molecule has 1 aromatic heterocycles. The summed E-state index contributed by atoms with van der Waals surface area (Å²) in [5, 5.41) is 0.0997. The van der Waals surface area contributed by atoms with E-state index in [0.29, 0.717) is 31.9 Å². The Hall–Kier alpha value is -1.63. The van der Waals surface area contributed by atoms with E-state index < -0.39 is 0 Å². The van der Waals surface area contributed by atoms with Crippen LogP contribution in [0.25, 0.3) is 0 Å². The maximum absolute atomic E-state index is 11.1. The lowest BCUT2D eigenvalue weighted by molar-refractivity contribution is -0.122. The van der Waals surface area contributed by atoms with Crippen molar-refractivity contribution >= 4 is 23.5 Å². The monoisotopic (exact) mass is 299 g/mol. The van der Waals surface area contributed by atoms with E-state index in [1.807, 2.05) is 18.7 Å². The number of nitrogens with two attached hydrogens (primary N) is 1. The summed E-state index contributed by atoms with van der Waals surface area (Å²) in [6.45, 7) is 5.09. The summed E-state index contributed by atoms with van der Waals surface area (Å²) in [5.41, 5.74) is 5.31. The van der Waals surface area contributed by atoms with Gasteiger partial charge >= 0.3 is 6.01 Å². The Labute approximate surface area is 122 Å². The molecule has 1 aromatic rings. The van der Waals surface area contributed by atoms with Gasteiger partial charge in [0.05, 0.1) is 6.10 Å². The Morgan fingerprint density at radius 1 is 1.35 bits per heavy atom. The molecule has 2 heterocycles. The molecule has 1 amide bonds. The molecule has 2 N–H and O–H groups in total. The molecule has 1 saturated heterocycles. The zero-order chi connectivity index (χ0) is 14.7. The molecule has 0 spiro atoms. The lowest BCUT2D eigenvalue weighted by Gasteiger charge is -2.30. The number of anilines is 1. The van der Waals surface area contributed by atoms with Gasteiger partial charge in [-0.25, -0.2) is 0 Å². The highest BCUT2D eigenvalue weighted by Gasteiger charge is 2.25. The number of hydrogen-bond acceptors (Lipinski definition) is 6. The molecule has 0 bridgehead atoms. The normalized spacial score (nSPS) is 16.5. The topological polar surface area (TPSA) is 94.2 Å². The highest BCUT2D eigenvalue weighted by Crippen LogP contribution is 2.22. The second kappa shape index (κ2) is 6.21. The van der Waals surface area contributed by atoms with Gasteiger partial charge in [0.25, 0.3) is 0 Å². The van der Waals surface area contributed by atoms with Crippen molar-refractivity contribution in [3.05, 3.63) is 5.28 Å². The first-order valence-corrected chi connectivity index (χ1v) is 6.96. The lowest BCUT2D eigenvalue weighted by Crippen LogP contribution is -2.39. The number of primary amides is 1. The quantitative estimate of drug-likeness (QED) is 0.892. The minimum absolute atomic E-state index is 0.0399. The molecule has 2 rings (SSSR count). The van der Waals surface area contributed by atoms with Crippen LogP contribution in [0.2, 0.25) is 5.28 Å². The van der Waals surface area contributed by atoms with E-state index in [1.54, 1.807) is 0 Å². The van der Waals surface area contributed by atoms with Gasteiger partial charge in [-0.3, -0.25) is 4.79 Å².